The van der Waals surface area contributed by atoms with Gasteiger partial charge in [-0.2, -0.15) is 13.2 Å². The standard InChI is InChI=1S/C9H13F3O5S/c10-9(11,12)7(8(13)14)5-18(15,16)6-1-3-17-4-2-6/h6-7H,1-5H2,(H,13,14). The Hall–Kier alpha value is -0.830. The van der Waals surface area contributed by atoms with Gasteiger partial charge in [-0.25, -0.2) is 8.42 Å². The van der Waals surface area contributed by atoms with E-state index in [1.54, 1.807) is 0 Å². The summed E-state index contributed by atoms with van der Waals surface area (Å²) in [5.41, 5.74) is 0. The minimum Gasteiger partial charge on any atom is -0.481 e. The Balaban J connectivity index is 2.82. The minimum absolute atomic E-state index is 0.104. The van der Waals surface area contributed by atoms with Crippen LogP contribution in [0.3, 0.4) is 0 Å². The van der Waals surface area contributed by atoms with Crippen molar-refractivity contribution in [3.8, 4) is 0 Å². The third-order valence-electron chi connectivity index (χ3n) is 2.77. The van der Waals surface area contributed by atoms with Crippen LogP contribution in [0.1, 0.15) is 12.8 Å². The first kappa shape index (κ1) is 15.2. The van der Waals surface area contributed by atoms with Crippen LogP contribution in [-0.4, -0.2) is 49.9 Å². The molecule has 0 aliphatic carbocycles. The fraction of sp³-hybridized carbons (Fsp3) is 0.889. The fourth-order valence-corrected chi connectivity index (χ4v) is 3.69. The van der Waals surface area contributed by atoms with Gasteiger partial charge in [-0.15, -0.1) is 0 Å². The summed E-state index contributed by atoms with van der Waals surface area (Å²) in [6.07, 6.45) is -4.86. The zero-order valence-electron chi connectivity index (χ0n) is 9.31. The smallest absolute Gasteiger partial charge is 0.403 e. The topological polar surface area (TPSA) is 80.7 Å². The molecule has 1 fully saturated rings. The predicted octanol–water partition coefficient (Wildman–Crippen LogP) is 0.843. The van der Waals surface area contributed by atoms with Crippen LogP contribution in [0.15, 0.2) is 0 Å². The molecule has 0 aromatic rings. The maximum Gasteiger partial charge on any atom is 0.403 e. The van der Waals surface area contributed by atoms with Gasteiger partial charge in [0, 0.05) is 13.2 Å². The van der Waals surface area contributed by atoms with Gasteiger partial charge in [0.15, 0.2) is 15.8 Å². The number of carboxylic acid groups (broad SMARTS) is 1. The molecule has 0 aromatic carbocycles. The molecule has 1 heterocycles. The monoisotopic (exact) mass is 290 g/mol. The number of hydrogen-bond donors (Lipinski definition) is 1. The number of aliphatic carboxylic acids is 1. The molecule has 1 aliphatic heterocycles. The first-order chi connectivity index (χ1) is 8.14. The molecule has 18 heavy (non-hydrogen) atoms. The zero-order valence-corrected chi connectivity index (χ0v) is 10.1. The van der Waals surface area contributed by atoms with Crippen molar-refractivity contribution in [3.63, 3.8) is 0 Å². The number of halogens is 3. The fourth-order valence-electron chi connectivity index (χ4n) is 1.71. The van der Waals surface area contributed by atoms with Gasteiger partial charge in [0.05, 0.1) is 11.0 Å². The number of hydrogen-bond acceptors (Lipinski definition) is 4. The van der Waals surface area contributed by atoms with Gasteiger partial charge in [-0.3, -0.25) is 4.79 Å². The average molecular weight is 290 g/mol. The van der Waals surface area contributed by atoms with Crippen LogP contribution >= 0.6 is 0 Å². The van der Waals surface area contributed by atoms with E-state index in [1.165, 1.54) is 0 Å². The molecular weight excluding hydrogens is 277 g/mol. The molecular formula is C9H13F3O5S. The van der Waals surface area contributed by atoms with Crippen molar-refractivity contribution in [1.82, 2.24) is 0 Å². The van der Waals surface area contributed by atoms with Gasteiger partial charge >= 0.3 is 12.1 Å². The van der Waals surface area contributed by atoms with Crippen LogP contribution in [0.25, 0.3) is 0 Å². The maximum atomic E-state index is 12.4. The average Bonchev–Trinajstić information content (AvgIpc) is 2.25. The summed E-state index contributed by atoms with van der Waals surface area (Å²) in [4.78, 5) is 10.5. The highest BCUT2D eigenvalue weighted by Gasteiger charge is 2.48. The quantitative estimate of drug-likeness (QED) is 0.830. The second-order valence-electron chi connectivity index (χ2n) is 4.07. The maximum absolute atomic E-state index is 12.4. The van der Waals surface area contributed by atoms with Gasteiger partial charge in [0.2, 0.25) is 0 Å². The lowest BCUT2D eigenvalue weighted by atomic mass is 10.2. The van der Waals surface area contributed by atoms with Gasteiger partial charge in [-0.1, -0.05) is 0 Å². The van der Waals surface area contributed by atoms with Crippen molar-refractivity contribution >= 4 is 15.8 Å². The van der Waals surface area contributed by atoms with Gasteiger partial charge in [0.1, 0.15) is 0 Å². The summed E-state index contributed by atoms with van der Waals surface area (Å²) in [7, 11) is -4.09. The Bertz CT molecular complexity index is 397. The van der Waals surface area contributed by atoms with E-state index in [2.05, 4.69) is 0 Å². The number of ether oxygens (including phenoxy) is 1. The molecule has 1 aliphatic rings. The number of sulfone groups is 1. The molecule has 1 saturated heterocycles. The summed E-state index contributed by atoms with van der Waals surface area (Å²) < 4.78 is 65.6. The van der Waals surface area contributed by atoms with Crippen molar-refractivity contribution in [3.05, 3.63) is 0 Å². The van der Waals surface area contributed by atoms with E-state index in [1.807, 2.05) is 0 Å². The van der Waals surface area contributed by atoms with Crippen LogP contribution in [0.5, 0.6) is 0 Å². The third kappa shape index (κ3) is 3.84. The molecule has 0 bridgehead atoms. The molecule has 1 unspecified atom stereocenters. The largest absolute Gasteiger partial charge is 0.481 e. The Kier molecular flexibility index (Phi) is 4.60. The molecule has 9 heteroatoms. The highest BCUT2D eigenvalue weighted by molar-refractivity contribution is 7.92. The van der Waals surface area contributed by atoms with Crippen LogP contribution in [0.2, 0.25) is 0 Å². The summed E-state index contributed by atoms with van der Waals surface area (Å²) >= 11 is 0. The van der Waals surface area contributed by atoms with Gasteiger partial charge in [-0.05, 0) is 12.8 Å². The molecule has 0 spiro atoms. The zero-order chi connectivity index (χ0) is 14.0. The molecule has 1 N–H and O–H groups in total. The predicted molar refractivity (Wildman–Crippen MR) is 54.8 cm³/mol. The SMILES string of the molecule is O=C(O)C(CS(=O)(=O)C1CCOCC1)C(F)(F)F. The van der Waals surface area contributed by atoms with Crippen molar-refractivity contribution in [2.45, 2.75) is 24.3 Å². The molecule has 5 nitrogen and oxygen atoms in total. The summed E-state index contributed by atoms with van der Waals surface area (Å²) in [5, 5.41) is 7.51. The Morgan fingerprint density at radius 2 is 1.83 bits per heavy atom. The lowest BCUT2D eigenvalue weighted by molar-refractivity contribution is -0.189. The second-order valence-corrected chi connectivity index (χ2v) is 6.40. The lowest BCUT2D eigenvalue weighted by Crippen LogP contribution is -2.40. The second kappa shape index (κ2) is 5.43. The molecule has 0 amide bonds. The lowest BCUT2D eigenvalue weighted by Gasteiger charge is -2.24. The Labute approximate surface area is 102 Å². The normalized spacial score (nSPS) is 20.6. The highest BCUT2D eigenvalue weighted by Crippen LogP contribution is 2.30. The molecule has 106 valence electrons. The molecule has 0 aromatic heterocycles. The van der Waals surface area contributed by atoms with Crippen LogP contribution < -0.4 is 0 Å². The van der Waals surface area contributed by atoms with E-state index in [4.69, 9.17) is 9.84 Å². The Morgan fingerprint density at radius 3 is 2.22 bits per heavy atom. The highest BCUT2D eigenvalue weighted by atomic mass is 32.2. The first-order valence-electron chi connectivity index (χ1n) is 5.23. The van der Waals surface area contributed by atoms with Crippen molar-refractivity contribution in [2.75, 3.05) is 19.0 Å². The van der Waals surface area contributed by atoms with Crippen LogP contribution in [0.4, 0.5) is 13.2 Å². The molecule has 1 atom stereocenters. The van der Waals surface area contributed by atoms with Crippen LogP contribution in [-0.2, 0) is 19.4 Å². The van der Waals surface area contributed by atoms with Crippen LogP contribution in [0, 0.1) is 5.92 Å². The molecule has 0 saturated carbocycles. The molecule has 0 radical (unpaired) electrons. The van der Waals surface area contributed by atoms with Gasteiger partial charge < -0.3 is 9.84 Å². The number of alkyl halides is 3. The number of carbonyl (C=O) groups is 1. The summed E-state index contributed by atoms with van der Waals surface area (Å²) in [6.45, 7) is 0.321. The Morgan fingerprint density at radius 1 is 1.33 bits per heavy atom. The molecule has 1 rings (SSSR count). The van der Waals surface area contributed by atoms with Gasteiger partial charge in [0.25, 0.3) is 0 Å². The third-order valence-corrected chi connectivity index (χ3v) is 5.05. The minimum atomic E-state index is -5.07. The van der Waals surface area contributed by atoms with Crippen molar-refractivity contribution in [2.24, 2.45) is 5.92 Å². The van der Waals surface area contributed by atoms with E-state index in [9.17, 15) is 26.4 Å². The number of rotatable bonds is 4. The van der Waals surface area contributed by atoms with E-state index in [-0.39, 0.29) is 26.1 Å². The van der Waals surface area contributed by atoms with Crippen molar-refractivity contribution < 1.29 is 36.2 Å². The van der Waals surface area contributed by atoms with E-state index < -0.39 is 38.9 Å². The summed E-state index contributed by atoms with van der Waals surface area (Å²) in [5.74, 6) is -6.44. The summed E-state index contributed by atoms with van der Waals surface area (Å²) in [6, 6.07) is 0. The van der Waals surface area contributed by atoms with Crippen molar-refractivity contribution in [1.29, 1.82) is 0 Å². The van der Waals surface area contributed by atoms with E-state index >= 15 is 0 Å². The number of carboxylic acids is 1. The van der Waals surface area contributed by atoms with E-state index in [0.717, 1.165) is 0 Å². The van der Waals surface area contributed by atoms with E-state index in [0.29, 0.717) is 0 Å². The first-order valence-corrected chi connectivity index (χ1v) is 6.95.